The number of benzene rings is 1. The Bertz CT molecular complexity index is 458. The van der Waals surface area contributed by atoms with Crippen LogP contribution < -0.4 is 5.73 Å². The molecule has 0 bridgehead atoms. The first-order valence-electron chi connectivity index (χ1n) is 3.46. The molecule has 0 aliphatic rings. The van der Waals surface area contributed by atoms with Crippen LogP contribution in [0.5, 0.6) is 0 Å². The van der Waals surface area contributed by atoms with Crippen molar-refractivity contribution in [1.29, 1.82) is 0 Å². The maximum Gasteiger partial charge on any atom is 0.298 e. The molecular formula is C7H7Cl2NO3S. The zero-order valence-corrected chi connectivity index (χ0v) is 9.41. The molecule has 1 aromatic rings. The van der Waals surface area contributed by atoms with Gasteiger partial charge in [-0.2, -0.15) is 8.42 Å². The maximum absolute atomic E-state index is 10.9. The van der Waals surface area contributed by atoms with Crippen LogP contribution in [0.3, 0.4) is 0 Å². The van der Waals surface area contributed by atoms with Crippen LogP contribution in [0, 0.1) is 6.92 Å². The number of anilines is 1. The van der Waals surface area contributed by atoms with Gasteiger partial charge in [0.2, 0.25) is 0 Å². The summed E-state index contributed by atoms with van der Waals surface area (Å²) >= 11 is 11.2. The third kappa shape index (κ3) is 1.95. The predicted octanol–water partition coefficient (Wildman–Crippen LogP) is 2.13. The number of hydrogen-bond donors (Lipinski definition) is 2. The second-order valence-corrected chi connectivity index (χ2v) is 4.85. The highest BCUT2D eigenvalue weighted by molar-refractivity contribution is 7.86. The minimum atomic E-state index is -4.45. The first-order chi connectivity index (χ1) is 6.25. The fraction of sp³-hybridized carbons (Fsp3) is 0.143. The first kappa shape index (κ1) is 11.6. The molecule has 0 saturated heterocycles. The van der Waals surface area contributed by atoms with E-state index in [1.54, 1.807) is 6.92 Å². The first-order valence-corrected chi connectivity index (χ1v) is 5.66. The highest BCUT2D eigenvalue weighted by Gasteiger charge is 2.22. The molecule has 0 radical (unpaired) electrons. The van der Waals surface area contributed by atoms with E-state index in [0.717, 1.165) is 0 Å². The molecule has 0 fully saturated rings. The Morgan fingerprint density at radius 2 is 1.93 bits per heavy atom. The van der Waals surface area contributed by atoms with Crippen LogP contribution in [0.15, 0.2) is 11.0 Å². The molecule has 0 aliphatic heterocycles. The smallest absolute Gasteiger partial charge is 0.298 e. The molecule has 0 unspecified atom stereocenters. The van der Waals surface area contributed by atoms with Gasteiger partial charge in [0.15, 0.2) is 0 Å². The number of rotatable bonds is 1. The second-order valence-electron chi connectivity index (χ2n) is 2.71. The van der Waals surface area contributed by atoms with Crippen molar-refractivity contribution in [3.8, 4) is 0 Å². The molecule has 14 heavy (non-hydrogen) atoms. The largest absolute Gasteiger partial charge is 0.397 e. The quantitative estimate of drug-likeness (QED) is 0.595. The van der Waals surface area contributed by atoms with Crippen molar-refractivity contribution >= 4 is 39.0 Å². The minimum absolute atomic E-state index is 0.0333. The fourth-order valence-electron chi connectivity index (χ4n) is 0.989. The van der Waals surface area contributed by atoms with Crippen LogP contribution in [-0.4, -0.2) is 13.0 Å². The van der Waals surface area contributed by atoms with Crippen LogP contribution in [0.25, 0.3) is 0 Å². The van der Waals surface area contributed by atoms with E-state index in [2.05, 4.69) is 0 Å². The van der Waals surface area contributed by atoms with Crippen LogP contribution in [0.4, 0.5) is 5.69 Å². The fourth-order valence-corrected chi connectivity index (χ4v) is 2.53. The lowest BCUT2D eigenvalue weighted by molar-refractivity contribution is 0.483. The summed E-state index contributed by atoms with van der Waals surface area (Å²) in [6.07, 6.45) is 0. The minimum Gasteiger partial charge on any atom is -0.397 e. The molecule has 0 saturated carbocycles. The lowest BCUT2D eigenvalue weighted by Crippen LogP contribution is -2.06. The third-order valence-electron chi connectivity index (χ3n) is 1.68. The van der Waals surface area contributed by atoms with Crippen LogP contribution in [0.2, 0.25) is 10.0 Å². The van der Waals surface area contributed by atoms with Gasteiger partial charge in [-0.25, -0.2) is 0 Å². The molecule has 1 rings (SSSR count). The van der Waals surface area contributed by atoms with Crippen molar-refractivity contribution in [3.05, 3.63) is 21.7 Å². The Morgan fingerprint density at radius 3 is 2.36 bits per heavy atom. The van der Waals surface area contributed by atoms with E-state index >= 15 is 0 Å². The van der Waals surface area contributed by atoms with Crippen molar-refractivity contribution in [2.45, 2.75) is 11.8 Å². The maximum atomic E-state index is 10.9. The van der Waals surface area contributed by atoms with Crippen molar-refractivity contribution in [2.24, 2.45) is 0 Å². The highest BCUT2D eigenvalue weighted by Crippen LogP contribution is 2.35. The SMILES string of the molecule is Cc1cc(Cl)c(Cl)c(S(=O)(=O)O)c1N. The Morgan fingerprint density at radius 1 is 1.43 bits per heavy atom. The molecule has 78 valence electrons. The van der Waals surface area contributed by atoms with Gasteiger partial charge in [-0.15, -0.1) is 0 Å². The Hall–Kier alpha value is -0.490. The van der Waals surface area contributed by atoms with Crippen LogP contribution >= 0.6 is 23.2 Å². The van der Waals surface area contributed by atoms with Crippen molar-refractivity contribution in [3.63, 3.8) is 0 Å². The number of nitrogens with two attached hydrogens (primary N) is 1. The molecular weight excluding hydrogens is 249 g/mol. The van der Waals surface area contributed by atoms with Gasteiger partial charge in [-0.1, -0.05) is 23.2 Å². The Balaban J connectivity index is 3.74. The highest BCUT2D eigenvalue weighted by atomic mass is 35.5. The monoisotopic (exact) mass is 255 g/mol. The van der Waals surface area contributed by atoms with Gasteiger partial charge in [0, 0.05) is 0 Å². The molecule has 0 amide bonds. The molecule has 1 aromatic carbocycles. The average molecular weight is 256 g/mol. The molecule has 0 heterocycles. The van der Waals surface area contributed by atoms with Crippen LogP contribution in [-0.2, 0) is 10.1 Å². The zero-order chi connectivity index (χ0) is 11.1. The van der Waals surface area contributed by atoms with E-state index in [4.69, 9.17) is 33.5 Å². The van der Waals surface area contributed by atoms with Gasteiger partial charge in [-0.05, 0) is 18.6 Å². The molecule has 3 N–H and O–H groups in total. The topological polar surface area (TPSA) is 80.4 Å². The van der Waals surface area contributed by atoms with Crippen molar-refractivity contribution < 1.29 is 13.0 Å². The number of aryl methyl sites for hydroxylation is 1. The normalized spacial score (nSPS) is 11.7. The lowest BCUT2D eigenvalue weighted by atomic mass is 10.2. The summed E-state index contributed by atoms with van der Waals surface area (Å²) in [5, 5.41) is -0.233. The number of nitrogen functional groups attached to an aromatic ring is 1. The van der Waals surface area contributed by atoms with E-state index in [1.807, 2.05) is 0 Å². The Labute approximate surface area is 91.4 Å². The van der Waals surface area contributed by atoms with Crippen molar-refractivity contribution in [1.82, 2.24) is 0 Å². The summed E-state index contributed by atoms with van der Waals surface area (Å²) in [5.74, 6) is 0. The molecule has 0 atom stereocenters. The summed E-state index contributed by atoms with van der Waals surface area (Å²) in [4.78, 5) is -0.538. The summed E-state index contributed by atoms with van der Waals surface area (Å²) in [7, 11) is -4.45. The molecule has 0 aliphatic carbocycles. The molecule has 0 spiro atoms. The van der Waals surface area contributed by atoms with Gasteiger partial charge in [0.25, 0.3) is 10.1 Å². The Kier molecular flexibility index (Phi) is 2.96. The molecule has 4 nitrogen and oxygen atoms in total. The zero-order valence-electron chi connectivity index (χ0n) is 7.08. The number of hydrogen-bond acceptors (Lipinski definition) is 3. The van der Waals surface area contributed by atoms with Gasteiger partial charge < -0.3 is 5.73 Å². The van der Waals surface area contributed by atoms with E-state index in [1.165, 1.54) is 6.07 Å². The molecule has 0 aromatic heterocycles. The van der Waals surface area contributed by atoms with E-state index < -0.39 is 15.0 Å². The van der Waals surface area contributed by atoms with Crippen LogP contribution in [0.1, 0.15) is 5.56 Å². The molecule has 7 heteroatoms. The van der Waals surface area contributed by atoms with Gasteiger partial charge >= 0.3 is 0 Å². The third-order valence-corrected chi connectivity index (χ3v) is 3.52. The number of halogens is 2. The average Bonchev–Trinajstić information content (AvgIpc) is 1.98. The second kappa shape index (κ2) is 3.58. The van der Waals surface area contributed by atoms with E-state index in [9.17, 15) is 8.42 Å². The standard InChI is InChI=1S/C7H7Cl2NO3S/c1-3-2-4(8)5(9)7(6(3)10)14(11,12)13/h2H,10H2,1H3,(H,11,12,13). The predicted molar refractivity (Wildman–Crippen MR) is 55.4 cm³/mol. The summed E-state index contributed by atoms with van der Waals surface area (Å²) < 4.78 is 30.7. The van der Waals surface area contributed by atoms with E-state index in [0.29, 0.717) is 5.56 Å². The van der Waals surface area contributed by atoms with Gasteiger partial charge in [0.05, 0.1) is 15.7 Å². The van der Waals surface area contributed by atoms with Crippen molar-refractivity contribution in [2.75, 3.05) is 5.73 Å². The van der Waals surface area contributed by atoms with Gasteiger partial charge in [-0.3, -0.25) is 4.55 Å². The summed E-state index contributed by atoms with van der Waals surface area (Å²) in [6, 6.07) is 1.42. The lowest BCUT2D eigenvalue weighted by Gasteiger charge is -2.09. The summed E-state index contributed by atoms with van der Waals surface area (Å²) in [6.45, 7) is 1.56. The van der Waals surface area contributed by atoms with Gasteiger partial charge in [0.1, 0.15) is 4.90 Å². The summed E-state index contributed by atoms with van der Waals surface area (Å²) in [5.41, 5.74) is 5.80. The van der Waals surface area contributed by atoms with E-state index in [-0.39, 0.29) is 15.7 Å².